The molecule has 1 heterocycles. The normalized spacial score (nSPS) is 12.4. The highest BCUT2D eigenvalue weighted by Gasteiger charge is 2.09. The van der Waals surface area contributed by atoms with Crippen LogP contribution in [-0.4, -0.2) is 15.8 Å². The van der Waals surface area contributed by atoms with Crippen molar-refractivity contribution in [2.75, 3.05) is 5.75 Å². The van der Waals surface area contributed by atoms with E-state index in [4.69, 9.17) is 0 Å². The Morgan fingerprint density at radius 2 is 2.06 bits per heavy atom. The van der Waals surface area contributed by atoms with Crippen LogP contribution >= 0.6 is 11.8 Å². The molecule has 0 aliphatic carbocycles. The van der Waals surface area contributed by atoms with Crippen molar-refractivity contribution in [3.05, 3.63) is 60.2 Å². The average Bonchev–Trinajstić information content (AvgIpc) is 2.38. The minimum absolute atomic E-state index is 0.254. The molecule has 1 unspecified atom stereocenters. The number of aliphatic hydroxyl groups is 1. The Balaban J connectivity index is 1.97. The summed E-state index contributed by atoms with van der Waals surface area (Å²) in [5.41, 5.74) is 0.747. The van der Waals surface area contributed by atoms with E-state index < -0.39 is 6.10 Å². The smallest absolute Gasteiger partial charge is 0.136 e. The fourth-order valence-corrected chi connectivity index (χ4v) is 2.31. The third-order valence-corrected chi connectivity index (χ3v) is 3.43. The molecule has 4 heteroatoms. The zero-order valence-electron chi connectivity index (χ0n) is 9.08. The highest BCUT2D eigenvalue weighted by molar-refractivity contribution is 7.99. The van der Waals surface area contributed by atoms with E-state index in [2.05, 4.69) is 4.98 Å². The van der Waals surface area contributed by atoms with Gasteiger partial charge in [0.15, 0.2) is 0 Å². The van der Waals surface area contributed by atoms with Crippen molar-refractivity contribution in [2.24, 2.45) is 0 Å². The van der Waals surface area contributed by atoms with Gasteiger partial charge in [-0.25, -0.2) is 4.39 Å². The number of rotatable bonds is 4. The van der Waals surface area contributed by atoms with Crippen molar-refractivity contribution < 1.29 is 9.50 Å². The first kappa shape index (κ1) is 12.1. The molecule has 2 rings (SSSR count). The monoisotopic (exact) mass is 249 g/mol. The first-order valence-corrected chi connectivity index (χ1v) is 6.21. The highest BCUT2D eigenvalue weighted by atomic mass is 32.2. The van der Waals surface area contributed by atoms with Gasteiger partial charge in [0.05, 0.1) is 6.10 Å². The van der Waals surface area contributed by atoms with E-state index in [1.807, 2.05) is 0 Å². The van der Waals surface area contributed by atoms with Crippen LogP contribution in [0.1, 0.15) is 11.7 Å². The SMILES string of the molecule is OC(CSc1ccccc1F)c1cccnc1. The van der Waals surface area contributed by atoms with Gasteiger partial charge >= 0.3 is 0 Å². The van der Waals surface area contributed by atoms with E-state index in [1.54, 1.807) is 42.7 Å². The quantitative estimate of drug-likeness (QED) is 0.845. The second kappa shape index (κ2) is 5.80. The number of hydrogen-bond donors (Lipinski definition) is 1. The first-order valence-electron chi connectivity index (χ1n) is 5.22. The summed E-state index contributed by atoms with van der Waals surface area (Å²) in [5.74, 6) is 0.156. The Morgan fingerprint density at radius 1 is 1.24 bits per heavy atom. The molecule has 1 N–H and O–H groups in total. The number of halogens is 1. The number of thioether (sulfide) groups is 1. The van der Waals surface area contributed by atoms with Crippen LogP contribution in [-0.2, 0) is 0 Å². The van der Waals surface area contributed by atoms with E-state index in [0.29, 0.717) is 10.6 Å². The molecule has 0 aliphatic heterocycles. The van der Waals surface area contributed by atoms with Gasteiger partial charge in [0.2, 0.25) is 0 Å². The van der Waals surface area contributed by atoms with Crippen LogP contribution in [0.25, 0.3) is 0 Å². The minimum atomic E-state index is -0.631. The van der Waals surface area contributed by atoms with Crippen molar-refractivity contribution in [1.82, 2.24) is 4.98 Å². The summed E-state index contributed by atoms with van der Waals surface area (Å²) in [7, 11) is 0. The van der Waals surface area contributed by atoms with Crippen LogP contribution in [0.2, 0.25) is 0 Å². The van der Waals surface area contributed by atoms with Crippen molar-refractivity contribution in [3.8, 4) is 0 Å². The Labute approximate surface area is 104 Å². The van der Waals surface area contributed by atoms with Crippen LogP contribution in [0.15, 0.2) is 53.7 Å². The lowest BCUT2D eigenvalue weighted by atomic mass is 10.2. The van der Waals surface area contributed by atoms with Crippen LogP contribution in [0.5, 0.6) is 0 Å². The number of benzene rings is 1. The van der Waals surface area contributed by atoms with Crippen molar-refractivity contribution in [1.29, 1.82) is 0 Å². The Hall–Kier alpha value is -1.39. The van der Waals surface area contributed by atoms with Gasteiger partial charge < -0.3 is 5.11 Å². The van der Waals surface area contributed by atoms with Crippen LogP contribution in [0.4, 0.5) is 4.39 Å². The maximum atomic E-state index is 13.3. The van der Waals surface area contributed by atoms with Crippen LogP contribution in [0.3, 0.4) is 0 Å². The molecule has 0 saturated heterocycles. The molecule has 0 bridgehead atoms. The predicted molar refractivity (Wildman–Crippen MR) is 66.3 cm³/mol. The number of hydrogen-bond acceptors (Lipinski definition) is 3. The van der Waals surface area contributed by atoms with Gasteiger partial charge in [0.25, 0.3) is 0 Å². The van der Waals surface area contributed by atoms with Gasteiger partial charge in [0, 0.05) is 23.0 Å². The van der Waals surface area contributed by atoms with E-state index in [1.165, 1.54) is 17.8 Å². The average molecular weight is 249 g/mol. The second-order valence-electron chi connectivity index (χ2n) is 3.54. The number of pyridine rings is 1. The lowest BCUT2D eigenvalue weighted by molar-refractivity contribution is 0.203. The Morgan fingerprint density at radius 3 is 2.76 bits per heavy atom. The summed E-state index contributed by atoms with van der Waals surface area (Å²) in [4.78, 5) is 4.49. The molecule has 0 spiro atoms. The van der Waals surface area contributed by atoms with E-state index in [-0.39, 0.29) is 5.82 Å². The lowest BCUT2D eigenvalue weighted by Crippen LogP contribution is -2.01. The lowest BCUT2D eigenvalue weighted by Gasteiger charge is -2.10. The molecule has 0 radical (unpaired) electrons. The Bertz CT molecular complexity index is 478. The fourth-order valence-electron chi connectivity index (χ4n) is 1.40. The molecule has 0 fully saturated rings. The fraction of sp³-hybridized carbons (Fsp3) is 0.154. The number of aliphatic hydroxyl groups excluding tert-OH is 1. The summed E-state index contributed by atoms with van der Waals surface area (Å²) in [6.45, 7) is 0. The van der Waals surface area contributed by atoms with Crippen molar-refractivity contribution in [2.45, 2.75) is 11.0 Å². The van der Waals surface area contributed by atoms with Gasteiger partial charge in [-0.3, -0.25) is 4.98 Å². The molecule has 0 amide bonds. The minimum Gasteiger partial charge on any atom is -0.387 e. The molecule has 2 nitrogen and oxygen atoms in total. The zero-order chi connectivity index (χ0) is 12.1. The maximum Gasteiger partial charge on any atom is 0.136 e. The molecule has 0 aliphatic rings. The van der Waals surface area contributed by atoms with Crippen molar-refractivity contribution >= 4 is 11.8 Å². The second-order valence-corrected chi connectivity index (χ2v) is 4.61. The summed E-state index contributed by atoms with van der Waals surface area (Å²) >= 11 is 1.30. The molecule has 1 aromatic carbocycles. The summed E-state index contributed by atoms with van der Waals surface area (Å²) in [6.07, 6.45) is 2.64. The Kier molecular flexibility index (Phi) is 4.12. The van der Waals surface area contributed by atoms with Gasteiger partial charge in [-0.1, -0.05) is 18.2 Å². The highest BCUT2D eigenvalue weighted by Crippen LogP contribution is 2.26. The molecular weight excluding hydrogens is 237 g/mol. The summed E-state index contributed by atoms with van der Waals surface area (Å²) in [5, 5.41) is 9.89. The molecule has 17 heavy (non-hydrogen) atoms. The number of nitrogens with zero attached hydrogens (tertiary/aromatic N) is 1. The first-order chi connectivity index (χ1) is 8.27. The molecule has 2 aromatic rings. The van der Waals surface area contributed by atoms with Gasteiger partial charge in [0.1, 0.15) is 5.82 Å². The van der Waals surface area contributed by atoms with Crippen molar-refractivity contribution in [3.63, 3.8) is 0 Å². The largest absolute Gasteiger partial charge is 0.387 e. The maximum absolute atomic E-state index is 13.3. The standard InChI is InChI=1S/C13H12FNOS/c14-11-5-1-2-6-13(11)17-9-12(16)10-4-3-7-15-8-10/h1-8,12,16H,9H2. The number of aromatic nitrogens is 1. The molecule has 0 saturated carbocycles. The van der Waals surface area contributed by atoms with E-state index in [9.17, 15) is 9.50 Å². The van der Waals surface area contributed by atoms with Gasteiger partial charge in [-0.15, -0.1) is 11.8 Å². The molecule has 1 aromatic heterocycles. The summed E-state index contributed by atoms with van der Waals surface area (Å²) in [6, 6.07) is 10.1. The van der Waals surface area contributed by atoms with Gasteiger partial charge in [-0.05, 0) is 23.8 Å². The summed E-state index contributed by atoms with van der Waals surface area (Å²) < 4.78 is 13.3. The predicted octanol–water partition coefficient (Wildman–Crippen LogP) is 3.05. The third-order valence-electron chi connectivity index (χ3n) is 2.30. The van der Waals surface area contributed by atoms with E-state index >= 15 is 0 Å². The van der Waals surface area contributed by atoms with Gasteiger partial charge in [-0.2, -0.15) is 0 Å². The van der Waals surface area contributed by atoms with Crippen LogP contribution in [0, 0.1) is 5.82 Å². The van der Waals surface area contributed by atoms with Crippen LogP contribution < -0.4 is 0 Å². The molecule has 1 atom stereocenters. The molecular formula is C13H12FNOS. The zero-order valence-corrected chi connectivity index (χ0v) is 9.90. The third kappa shape index (κ3) is 3.28. The topological polar surface area (TPSA) is 33.1 Å². The van der Waals surface area contributed by atoms with E-state index in [0.717, 1.165) is 5.56 Å². The molecule has 88 valence electrons.